The Kier molecular flexibility index (Phi) is 6.73. The van der Waals surface area contributed by atoms with E-state index in [-0.39, 0.29) is 16.5 Å². The number of hydrogen-bond acceptors (Lipinski definition) is 6. The summed E-state index contributed by atoms with van der Waals surface area (Å²) in [6.07, 6.45) is 3.37. The molecule has 0 aliphatic carbocycles. The molecule has 0 amide bonds. The third-order valence-electron chi connectivity index (χ3n) is 6.28. The molecule has 1 N–H and O–H groups in total. The van der Waals surface area contributed by atoms with Gasteiger partial charge in [0, 0.05) is 35.9 Å². The molecule has 0 unspecified atom stereocenters. The molecule has 1 saturated heterocycles. The number of nitrogens with one attached hydrogen (secondary N) is 1. The van der Waals surface area contributed by atoms with Crippen LogP contribution in [0.4, 0.5) is 0 Å². The summed E-state index contributed by atoms with van der Waals surface area (Å²) in [5, 5.41) is 2.04. The summed E-state index contributed by atoms with van der Waals surface area (Å²) in [4.78, 5) is 19.3. The van der Waals surface area contributed by atoms with E-state index in [9.17, 15) is 13.2 Å². The van der Waals surface area contributed by atoms with Gasteiger partial charge in [-0.3, -0.25) is 0 Å². The number of carbonyl (C=O) groups excluding carboxylic acids is 1. The van der Waals surface area contributed by atoms with E-state index in [0.29, 0.717) is 25.5 Å². The van der Waals surface area contributed by atoms with Gasteiger partial charge in [0.2, 0.25) is 15.9 Å². The molecule has 0 spiro atoms. The highest BCUT2D eigenvalue weighted by Gasteiger charge is 2.27. The minimum Gasteiger partial charge on any atom is -0.402 e. The minimum absolute atomic E-state index is 0.222. The highest BCUT2D eigenvalue weighted by Crippen LogP contribution is 2.25. The molecular formula is C26H24BrN3O4S. The van der Waals surface area contributed by atoms with E-state index in [4.69, 9.17) is 4.74 Å². The van der Waals surface area contributed by atoms with E-state index in [1.165, 1.54) is 0 Å². The maximum Gasteiger partial charge on any atom is 0.365 e. The number of ether oxygens (including phenoxy) is 1. The van der Waals surface area contributed by atoms with Crippen LogP contribution in [0.3, 0.4) is 0 Å². The van der Waals surface area contributed by atoms with Crippen LogP contribution in [0, 0.1) is 5.92 Å². The molecule has 0 atom stereocenters. The van der Waals surface area contributed by atoms with E-state index < -0.39 is 16.0 Å². The Morgan fingerprint density at radius 2 is 1.74 bits per heavy atom. The van der Waals surface area contributed by atoms with Crippen molar-refractivity contribution in [1.29, 1.82) is 0 Å². The maximum atomic E-state index is 12.5. The van der Waals surface area contributed by atoms with Crippen molar-refractivity contribution in [2.45, 2.75) is 17.7 Å². The van der Waals surface area contributed by atoms with Crippen molar-refractivity contribution in [3.63, 3.8) is 0 Å². The number of fused-ring (bicyclic) bond motifs is 1. The third kappa shape index (κ3) is 5.32. The standard InChI is InChI=1S/C26H24BrN3O4S/c27-20-8-10-21(11-9-20)35(32,33)28-16-18-12-14-30(15-13-18)17-24-26(31)34-25(29-24)23-7-3-5-19-4-1-2-6-22(19)23/h1-11,17-18,28H,12-16H2. The van der Waals surface area contributed by atoms with Gasteiger partial charge < -0.3 is 9.64 Å². The van der Waals surface area contributed by atoms with E-state index in [1.54, 1.807) is 30.5 Å². The van der Waals surface area contributed by atoms with Crippen molar-refractivity contribution >= 4 is 48.6 Å². The number of esters is 1. The molecule has 7 nitrogen and oxygen atoms in total. The normalized spacial score (nSPS) is 18.2. The van der Waals surface area contributed by atoms with Crippen molar-refractivity contribution in [3.8, 4) is 0 Å². The predicted molar refractivity (Wildman–Crippen MR) is 138 cm³/mol. The first-order valence-corrected chi connectivity index (χ1v) is 13.7. The number of rotatable bonds is 6. The number of nitrogens with zero attached hydrogens (tertiary/aromatic N) is 2. The summed E-state index contributed by atoms with van der Waals surface area (Å²) in [5.41, 5.74) is 1.07. The first-order chi connectivity index (χ1) is 16.9. The largest absolute Gasteiger partial charge is 0.402 e. The number of piperidine rings is 1. The summed E-state index contributed by atoms with van der Waals surface area (Å²) in [6, 6.07) is 20.3. The second kappa shape index (κ2) is 9.93. The van der Waals surface area contributed by atoms with Gasteiger partial charge in [0.1, 0.15) is 0 Å². The summed E-state index contributed by atoms with van der Waals surface area (Å²) >= 11 is 3.32. The second-order valence-electron chi connectivity index (χ2n) is 8.63. The minimum atomic E-state index is -3.54. The predicted octanol–water partition coefficient (Wildman–Crippen LogP) is 4.44. The number of halogens is 1. The number of sulfonamides is 1. The Labute approximate surface area is 212 Å². The van der Waals surface area contributed by atoms with Crippen LogP contribution in [0.5, 0.6) is 0 Å². The molecule has 0 radical (unpaired) electrons. The smallest absolute Gasteiger partial charge is 0.365 e. The van der Waals surface area contributed by atoms with Crippen LogP contribution in [0.25, 0.3) is 10.8 Å². The fourth-order valence-corrected chi connectivity index (χ4v) is 5.69. The second-order valence-corrected chi connectivity index (χ2v) is 11.3. The molecule has 3 aromatic rings. The van der Waals surface area contributed by atoms with Gasteiger partial charge in [-0.05, 0) is 59.9 Å². The van der Waals surface area contributed by atoms with Gasteiger partial charge in [-0.2, -0.15) is 0 Å². The van der Waals surface area contributed by atoms with E-state index in [0.717, 1.165) is 33.7 Å². The van der Waals surface area contributed by atoms with Crippen molar-refractivity contribution in [3.05, 3.63) is 88.7 Å². The molecule has 35 heavy (non-hydrogen) atoms. The topological polar surface area (TPSA) is 88.1 Å². The first-order valence-electron chi connectivity index (χ1n) is 11.4. The molecule has 0 bridgehead atoms. The number of hydrogen-bond donors (Lipinski definition) is 1. The zero-order valence-corrected chi connectivity index (χ0v) is 21.3. The van der Waals surface area contributed by atoms with Gasteiger partial charge in [0.15, 0.2) is 5.70 Å². The monoisotopic (exact) mass is 553 g/mol. The van der Waals surface area contributed by atoms with Gasteiger partial charge in [-0.15, -0.1) is 0 Å². The molecular weight excluding hydrogens is 530 g/mol. The first kappa shape index (κ1) is 23.7. The number of aliphatic imine (C=N–C) groups is 1. The van der Waals surface area contributed by atoms with Gasteiger partial charge in [-0.1, -0.05) is 52.3 Å². The Bertz CT molecular complexity index is 1420. The fraction of sp³-hybridized carbons (Fsp3) is 0.231. The average Bonchev–Trinajstić information content (AvgIpc) is 3.23. The molecule has 3 aromatic carbocycles. The van der Waals surface area contributed by atoms with E-state index in [2.05, 4.69) is 25.6 Å². The van der Waals surface area contributed by atoms with Crippen LogP contribution in [0.15, 0.2) is 93.0 Å². The van der Waals surface area contributed by atoms with E-state index >= 15 is 0 Å². The van der Waals surface area contributed by atoms with Crippen molar-refractivity contribution in [2.24, 2.45) is 10.9 Å². The molecule has 0 saturated carbocycles. The summed E-state index contributed by atoms with van der Waals surface area (Å²) in [7, 11) is -3.54. The lowest BCUT2D eigenvalue weighted by Crippen LogP contribution is -2.36. The third-order valence-corrected chi connectivity index (χ3v) is 8.25. The number of cyclic esters (lactones) is 1. The Balaban J connectivity index is 1.21. The van der Waals surface area contributed by atoms with Gasteiger partial charge in [0.25, 0.3) is 0 Å². The van der Waals surface area contributed by atoms with Crippen molar-refractivity contribution < 1.29 is 17.9 Å². The summed E-state index contributed by atoms with van der Waals surface area (Å²) in [6.45, 7) is 1.80. The Hall–Kier alpha value is -3.01. The fourth-order valence-electron chi connectivity index (χ4n) is 4.31. The Morgan fingerprint density at radius 3 is 2.51 bits per heavy atom. The molecule has 9 heteroatoms. The number of benzene rings is 3. The maximum absolute atomic E-state index is 12.5. The number of likely N-dealkylation sites (tertiary alicyclic amines) is 1. The average molecular weight is 554 g/mol. The van der Waals surface area contributed by atoms with E-state index in [1.807, 2.05) is 47.4 Å². The van der Waals surface area contributed by atoms with Crippen LogP contribution >= 0.6 is 15.9 Å². The molecule has 2 aliphatic heterocycles. The molecule has 5 rings (SSSR count). The van der Waals surface area contributed by atoms with Crippen LogP contribution in [0.1, 0.15) is 18.4 Å². The van der Waals surface area contributed by atoms with Crippen LogP contribution < -0.4 is 4.72 Å². The Morgan fingerprint density at radius 1 is 1.03 bits per heavy atom. The zero-order valence-electron chi connectivity index (χ0n) is 18.9. The van der Waals surface area contributed by atoms with Crippen molar-refractivity contribution in [2.75, 3.05) is 19.6 Å². The van der Waals surface area contributed by atoms with Crippen molar-refractivity contribution in [1.82, 2.24) is 9.62 Å². The molecule has 180 valence electrons. The summed E-state index contributed by atoms with van der Waals surface area (Å²) in [5.74, 6) is 0.0766. The van der Waals surface area contributed by atoms with Crippen LogP contribution in [-0.2, 0) is 19.6 Å². The van der Waals surface area contributed by atoms with Gasteiger partial charge >= 0.3 is 5.97 Å². The molecule has 2 heterocycles. The quantitative estimate of drug-likeness (QED) is 0.360. The molecule has 1 fully saturated rings. The van der Waals surface area contributed by atoms with Crippen LogP contribution in [-0.4, -0.2) is 44.8 Å². The highest BCUT2D eigenvalue weighted by molar-refractivity contribution is 9.10. The van der Waals surface area contributed by atoms with Gasteiger partial charge in [-0.25, -0.2) is 22.9 Å². The van der Waals surface area contributed by atoms with Gasteiger partial charge in [0.05, 0.1) is 4.90 Å². The zero-order chi connectivity index (χ0) is 24.4. The lowest BCUT2D eigenvalue weighted by molar-refractivity contribution is -0.130. The SMILES string of the molecule is O=C1OC(c2cccc3ccccc23)=NC1=CN1CCC(CNS(=O)(=O)c2ccc(Br)cc2)CC1. The molecule has 2 aliphatic rings. The molecule has 0 aromatic heterocycles. The highest BCUT2D eigenvalue weighted by atomic mass is 79.9. The number of carbonyl (C=O) groups is 1. The lowest BCUT2D eigenvalue weighted by atomic mass is 9.97. The lowest BCUT2D eigenvalue weighted by Gasteiger charge is -2.31. The summed E-state index contributed by atoms with van der Waals surface area (Å²) < 4.78 is 34.1. The van der Waals surface area contributed by atoms with Crippen LogP contribution in [0.2, 0.25) is 0 Å².